The maximum absolute atomic E-state index is 11.3. The van der Waals surface area contributed by atoms with Gasteiger partial charge in [0, 0.05) is 17.5 Å². The molecule has 1 aromatic rings. The summed E-state index contributed by atoms with van der Waals surface area (Å²) in [5.74, 6) is -0.430. The van der Waals surface area contributed by atoms with Crippen molar-refractivity contribution in [3.05, 3.63) is 27.5 Å². The monoisotopic (exact) mass is 223 g/mol. The van der Waals surface area contributed by atoms with Crippen LogP contribution in [-0.2, 0) is 16.1 Å². The molecule has 1 aliphatic rings. The molecule has 0 spiro atoms. The van der Waals surface area contributed by atoms with Crippen molar-refractivity contribution in [3.63, 3.8) is 0 Å². The number of hydrogen-bond donors (Lipinski definition) is 1. The Kier molecular flexibility index (Phi) is 2.55. The zero-order chi connectivity index (χ0) is 10.8. The molecule has 1 aromatic heterocycles. The topological polar surface area (TPSA) is 55.4 Å². The number of fused-ring (bicyclic) bond motifs is 1. The van der Waals surface area contributed by atoms with Gasteiger partial charge in [0.05, 0.1) is 12.0 Å². The molecule has 0 atom stereocenters. The highest BCUT2D eigenvalue weighted by molar-refractivity contribution is 7.15. The number of hydrogen-bond acceptors (Lipinski definition) is 4. The maximum atomic E-state index is 11.3. The highest BCUT2D eigenvalue weighted by Crippen LogP contribution is 2.27. The van der Waals surface area contributed by atoms with E-state index in [1.54, 1.807) is 6.08 Å². The van der Waals surface area contributed by atoms with Gasteiger partial charge < -0.3 is 10.1 Å². The van der Waals surface area contributed by atoms with Crippen LogP contribution in [0.1, 0.15) is 20.1 Å². The largest absolute Gasteiger partial charge is 0.466 e. The molecule has 0 saturated heterocycles. The van der Waals surface area contributed by atoms with Crippen LogP contribution >= 0.6 is 11.3 Å². The van der Waals surface area contributed by atoms with E-state index in [4.69, 9.17) is 0 Å². The molecule has 0 aliphatic carbocycles. The van der Waals surface area contributed by atoms with E-state index in [0.29, 0.717) is 6.54 Å². The second-order valence-electron chi connectivity index (χ2n) is 3.04. The first-order chi connectivity index (χ1) is 7.20. The van der Waals surface area contributed by atoms with Gasteiger partial charge in [0.25, 0.3) is 5.91 Å². The van der Waals surface area contributed by atoms with E-state index in [1.807, 2.05) is 6.07 Å². The standard InChI is InChI=1S/C10H9NO3S/c1-14-8(12)3-2-7-4-6-5-11-10(13)9(6)15-7/h2-4H,5H2,1H3,(H,11,13)/b3-2+. The van der Waals surface area contributed by atoms with E-state index in [0.717, 1.165) is 15.3 Å². The van der Waals surface area contributed by atoms with Gasteiger partial charge in [-0.1, -0.05) is 0 Å². The van der Waals surface area contributed by atoms with E-state index in [9.17, 15) is 9.59 Å². The average Bonchev–Trinajstić information content (AvgIpc) is 2.78. The van der Waals surface area contributed by atoms with Crippen LogP contribution in [0, 0.1) is 0 Å². The van der Waals surface area contributed by atoms with Crippen molar-refractivity contribution >= 4 is 29.3 Å². The Morgan fingerprint density at radius 1 is 1.67 bits per heavy atom. The lowest BCUT2D eigenvalue weighted by atomic mass is 10.3. The predicted molar refractivity (Wildman–Crippen MR) is 56.5 cm³/mol. The molecule has 2 rings (SSSR count). The third-order valence-electron chi connectivity index (χ3n) is 2.06. The summed E-state index contributed by atoms with van der Waals surface area (Å²) in [6.45, 7) is 0.580. The summed E-state index contributed by atoms with van der Waals surface area (Å²) in [5, 5.41) is 2.72. The highest BCUT2D eigenvalue weighted by Gasteiger charge is 2.21. The number of amides is 1. The summed E-state index contributed by atoms with van der Waals surface area (Å²) in [4.78, 5) is 23.7. The third kappa shape index (κ3) is 1.92. The van der Waals surface area contributed by atoms with Gasteiger partial charge in [-0.05, 0) is 17.7 Å². The van der Waals surface area contributed by atoms with E-state index < -0.39 is 5.97 Å². The minimum atomic E-state index is -0.395. The molecule has 0 bridgehead atoms. The first-order valence-electron chi connectivity index (χ1n) is 4.37. The van der Waals surface area contributed by atoms with Crippen molar-refractivity contribution in [1.82, 2.24) is 5.32 Å². The van der Waals surface area contributed by atoms with Crippen molar-refractivity contribution in [2.45, 2.75) is 6.54 Å². The van der Waals surface area contributed by atoms with Crippen LogP contribution in [0.4, 0.5) is 0 Å². The molecule has 2 heterocycles. The number of esters is 1. The quantitative estimate of drug-likeness (QED) is 0.605. The first kappa shape index (κ1) is 9.92. The van der Waals surface area contributed by atoms with Crippen molar-refractivity contribution < 1.29 is 14.3 Å². The Morgan fingerprint density at radius 2 is 2.47 bits per heavy atom. The van der Waals surface area contributed by atoms with Crippen LogP contribution < -0.4 is 5.32 Å². The second-order valence-corrected chi connectivity index (χ2v) is 4.13. The van der Waals surface area contributed by atoms with Crippen LogP contribution in [0.5, 0.6) is 0 Å². The van der Waals surface area contributed by atoms with Crippen molar-refractivity contribution in [2.75, 3.05) is 7.11 Å². The Hall–Kier alpha value is -1.62. The summed E-state index contributed by atoms with van der Waals surface area (Å²) >= 11 is 1.38. The second kappa shape index (κ2) is 3.86. The van der Waals surface area contributed by atoms with Crippen LogP contribution in [-0.4, -0.2) is 19.0 Å². The minimum Gasteiger partial charge on any atom is -0.466 e. The fraction of sp³-hybridized carbons (Fsp3) is 0.200. The van der Waals surface area contributed by atoms with Gasteiger partial charge in [-0.15, -0.1) is 11.3 Å². The van der Waals surface area contributed by atoms with Crippen LogP contribution in [0.3, 0.4) is 0 Å². The lowest BCUT2D eigenvalue weighted by molar-refractivity contribution is -0.134. The molecule has 1 N–H and O–H groups in total. The molecular weight excluding hydrogens is 214 g/mol. The van der Waals surface area contributed by atoms with Gasteiger partial charge in [-0.25, -0.2) is 4.79 Å². The van der Waals surface area contributed by atoms with Gasteiger partial charge >= 0.3 is 5.97 Å². The Labute approximate surface area is 90.6 Å². The highest BCUT2D eigenvalue weighted by atomic mass is 32.1. The predicted octanol–water partition coefficient (Wildman–Crippen LogP) is 1.18. The summed E-state index contributed by atoms with van der Waals surface area (Å²) < 4.78 is 4.47. The normalized spacial score (nSPS) is 14.1. The molecule has 0 radical (unpaired) electrons. The number of ether oxygens (including phenoxy) is 1. The SMILES string of the molecule is COC(=O)/C=C/c1cc2c(s1)C(=O)NC2. The van der Waals surface area contributed by atoms with Gasteiger partial charge in [0.15, 0.2) is 0 Å². The average molecular weight is 223 g/mol. The fourth-order valence-corrected chi connectivity index (χ4v) is 2.33. The molecule has 1 amide bonds. The molecule has 78 valence electrons. The molecule has 0 unspecified atom stereocenters. The fourth-order valence-electron chi connectivity index (χ4n) is 1.33. The molecule has 15 heavy (non-hydrogen) atoms. The smallest absolute Gasteiger partial charge is 0.330 e. The van der Waals surface area contributed by atoms with Gasteiger partial charge in [-0.3, -0.25) is 4.79 Å². The Balaban J connectivity index is 2.18. The van der Waals surface area contributed by atoms with Gasteiger partial charge in [0.2, 0.25) is 0 Å². The van der Waals surface area contributed by atoms with E-state index in [1.165, 1.54) is 24.5 Å². The van der Waals surface area contributed by atoms with E-state index in [-0.39, 0.29) is 5.91 Å². The molecule has 4 nitrogen and oxygen atoms in total. The maximum Gasteiger partial charge on any atom is 0.330 e. The number of carbonyl (C=O) groups excluding carboxylic acids is 2. The van der Waals surface area contributed by atoms with Crippen LogP contribution in [0.15, 0.2) is 12.1 Å². The zero-order valence-corrected chi connectivity index (χ0v) is 8.89. The van der Waals surface area contributed by atoms with Gasteiger partial charge in [-0.2, -0.15) is 0 Å². The summed E-state index contributed by atoms with van der Waals surface area (Å²) in [6.07, 6.45) is 3.00. The van der Waals surface area contributed by atoms with Crippen molar-refractivity contribution in [1.29, 1.82) is 0 Å². The lowest BCUT2D eigenvalue weighted by Gasteiger charge is -1.90. The summed E-state index contributed by atoms with van der Waals surface area (Å²) in [6, 6.07) is 1.90. The number of carbonyl (C=O) groups is 2. The van der Waals surface area contributed by atoms with Crippen molar-refractivity contribution in [2.24, 2.45) is 0 Å². The number of nitrogens with one attached hydrogen (secondary N) is 1. The molecule has 1 aliphatic heterocycles. The first-order valence-corrected chi connectivity index (χ1v) is 5.19. The van der Waals surface area contributed by atoms with E-state index in [2.05, 4.69) is 10.1 Å². The lowest BCUT2D eigenvalue weighted by Crippen LogP contribution is -2.12. The van der Waals surface area contributed by atoms with Crippen LogP contribution in [0.25, 0.3) is 6.08 Å². The van der Waals surface area contributed by atoms with E-state index >= 15 is 0 Å². The number of methoxy groups -OCH3 is 1. The molecule has 5 heteroatoms. The Bertz CT molecular complexity index is 448. The summed E-state index contributed by atoms with van der Waals surface area (Å²) in [5.41, 5.74) is 0.995. The molecule has 0 saturated carbocycles. The van der Waals surface area contributed by atoms with Gasteiger partial charge in [0.1, 0.15) is 0 Å². The number of thiophene rings is 1. The third-order valence-corrected chi connectivity index (χ3v) is 3.20. The summed E-state index contributed by atoms with van der Waals surface area (Å²) in [7, 11) is 1.33. The van der Waals surface area contributed by atoms with Crippen molar-refractivity contribution in [3.8, 4) is 0 Å². The number of rotatable bonds is 2. The Morgan fingerprint density at radius 3 is 3.13 bits per heavy atom. The minimum absolute atomic E-state index is 0.0345. The molecule has 0 aromatic carbocycles. The zero-order valence-electron chi connectivity index (χ0n) is 8.07. The van der Waals surface area contributed by atoms with Crippen LogP contribution in [0.2, 0.25) is 0 Å². The molecular formula is C10H9NO3S. The molecule has 0 fully saturated rings.